The number of amides is 3. The van der Waals surface area contributed by atoms with E-state index >= 15 is 0 Å². The molecule has 0 saturated carbocycles. The SMILES string of the molecule is CSCCC(NC(=O)C1CCCN1C(=O)C(N)CC(C)C)C(=O)NC(CCCN=C(N)N)C(=O)O. The Labute approximate surface area is 211 Å². The lowest BCUT2D eigenvalue weighted by atomic mass is 10.0. The molecule has 0 aromatic rings. The molecule has 1 fully saturated rings. The van der Waals surface area contributed by atoms with Crippen molar-refractivity contribution in [3.8, 4) is 0 Å². The van der Waals surface area contributed by atoms with Crippen LogP contribution in [0.25, 0.3) is 0 Å². The van der Waals surface area contributed by atoms with E-state index in [1.807, 2.05) is 20.1 Å². The summed E-state index contributed by atoms with van der Waals surface area (Å²) < 4.78 is 0. The topological polar surface area (TPSA) is 206 Å². The van der Waals surface area contributed by atoms with Crippen LogP contribution in [0.3, 0.4) is 0 Å². The van der Waals surface area contributed by atoms with Gasteiger partial charge in [-0.15, -0.1) is 0 Å². The Kier molecular flexibility index (Phi) is 13.5. The van der Waals surface area contributed by atoms with Crippen molar-refractivity contribution in [1.29, 1.82) is 0 Å². The van der Waals surface area contributed by atoms with Gasteiger partial charge in [0, 0.05) is 13.1 Å². The molecule has 13 heteroatoms. The number of hydrogen-bond acceptors (Lipinski definition) is 7. The van der Waals surface area contributed by atoms with Gasteiger partial charge in [0.1, 0.15) is 18.1 Å². The zero-order valence-electron chi connectivity index (χ0n) is 20.9. The molecule has 0 aliphatic carbocycles. The fourth-order valence-corrected chi connectivity index (χ4v) is 4.40. The van der Waals surface area contributed by atoms with Gasteiger partial charge >= 0.3 is 5.97 Å². The normalized spacial score (nSPS) is 18.0. The zero-order chi connectivity index (χ0) is 26.5. The fourth-order valence-electron chi connectivity index (χ4n) is 3.93. The van der Waals surface area contributed by atoms with Gasteiger partial charge in [0.05, 0.1) is 6.04 Å². The Morgan fingerprint density at radius 2 is 1.83 bits per heavy atom. The molecule has 3 amide bonds. The molecule has 1 saturated heterocycles. The van der Waals surface area contributed by atoms with Crippen LogP contribution >= 0.6 is 11.8 Å². The number of aliphatic imine (C=N–C) groups is 1. The highest BCUT2D eigenvalue weighted by molar-refractivity contribution is 7.98. The van der Waals surface area contributed by atoms with E-state index in [1.54, 1.807) is 0 Å². The van der Waals surface area contributed by atoms with Gasteiger partial charge in [-0.05, 0) is 56.5 Å². The molecule has 4 atom stereocenters. The van der Waals surface area contributed by atoms with Crippen molar-refractivity contribution >= 4 is 41.4 Å². The van der Waals surface area contributed by atoms with Gasteiger partial charge in [0.15, 0.2) is 5.96 Å². The van der Waals surface area contributed by atoms with Crippen LogP contribution in [0.2, 0.25) is 0 Å². The third-order valence-corrected chi connectivity index (χ3v) is 6.33. The van der Waals surface area contributed by atoms with Crippen LogP contribution in [0.5, 0.6) is 0 Å². The second-order valence-corrected chi connectivity index (χ2v) is 10.1. The minimum absolute atomic E-state index is 0.0923. The van der Waals surface area contributed by atoms with Gasteiger partial charge in [0.25, 0.3) is 0 Å². The lowest BCUT2D eigenvalue weighted by molar-refractivity contribution is -0.143. The molecule has 0 aromatic carbocycles. The maximum absolute atomic E-state index is 13.1. The smallest absolute Gasteiger partial charge is 0.326 e. The largest absolute Gasteiger partial charge is 0.480 e. The van der Waals surface area contributed by atoms with E-state index < -0.39 is 42.0 Å². The average Bonchev–Trinajstić information content (AvgIpc) is 3.27. The number of carboxylic acid groups (broad SMARTS) is 1. The van der Waals surface area contributed by atoms with Gasteiger partial charge in [-0.1, -0.05) is 13.8 Å². The molecular formula is C22H41N7O5S. The number of nitrogens with two attached hydrogens (primary N) is 3. The maximum Gasteiger partial charge on any atom is 0.326 e. The van der Waals surface area contributed by atoms with Crippen LogP contribution in [-0.2, 0) is 19.2 Å². The number of hydrogen-bond donors (Lipinski definition) is 6. The highest BCUT2D eigenvalue weighted by Gasteiger charge is 2.38. The molecule has 200 valence electrons. The number of carbonyl (C=O) groups excluding carboxylic acids is 3. The summed E-state index contributed by atoms with van der Waals surface area (Å²) in [5, 5.41) is 14.8. The molecule has 0 radical (unpaired) electrons. The number of rotatable bonds is 15. The van der Waals surface area contributed by atoms with Gasteiger partial charge in [0.2, 0.25) is 17.7 Å². The van der Waals surface area contributed by atoms with Crippen LogP contribution in [0, 0.1) is 5.92 Å². The van der Waals surface area contributed by atoms with Crippen LogP contribution in [-0.4, -0.2) is 88.9 Å². The molecule has 0 bridgehead atoms. The third-order valence-electron chi connectivity index (χ3n) is 5.68. The van der Waals surface area contributed by atoms with Crippen molar-refractivity contribution in [1.82, 2.24) is 15.5 Å². The first-order valence-corrected chi connectivity index (χ1v) is 13.3. The number of nitrogens with zero attached hydrogens (tertiary/aromatic N) is 2. The lowest BCUT2D eigenvalue weighted by Crippen LogP contribution is -2.56. The van der Waals surface area contributed by atoms with E-state index in [-0.39, 0.29) is 30.8 Å². The average molecular weight is 516 g/mol. The van der Waals surface area contributed by atoms with Crippen molar-refractivity contribution in [3.05, 3.63) is 0 Å². The number of guanidine groups is 1. The second kappa shape index (κ2) is 15.5. The lowest BCUT2D eigenvalue weighted by Gasteiger charge is -2.29. The highest BCUT2D eigenvalue weighted by Crippen LogP contribution is 2.20. The van der Waals surface area contributed by atoms with Crippen LogP contribution in [0.15, 0.2) is 4.99 Å². The summed E-state index contributed by atoms with van der Waals surface area (Å²) in [6, 6.07) is -3.48. The molecule has 1 heterocycles. The molecule has 1 aliphatic rings. The Bertz CT molecular complexity index is 760. The summed E-state index contributed by atoms with van der Waals surface area (Å²) >= 11 is 1.50. The summed E-state index contributed by atoms with van der Waals surface area (Å²) in [5.74, 6) is -1.76. The standard InChI is InChI=1S/C22H41N7O5S/c1-13(2)12-14(23)20(32)29-10-5-7-17(29)19(31)27-15(8-11-35-3)18(30)28-16(21(33)34)6-4-9-26-22(24)25/h13-17H,4-12,23H2,1-3H3,(H,27,31)(H,28,30)(H,33,34)(H4,24,25,26). The molecule has 0 spiro atoms. The van der Waals surface area contributed by atoms with Crippen LogP contribution in [0.4, 0.5) is 0 Å². The summed E-state index contributed by atoms with van der Waals surface area (Å²) in [6.45, 7) is 4.61. The van der Waals surface area contributed by atoms with E-state index in [2.05, 4.69) is 15.6 Å². The highest BCUT2D eigenvalue weighted by atomic mass is 32.2. The number of nitrogens with one attached hydrogen (secondary N) is 2. The van der Waals surface area contributed by atoms with E-state index in [0.29, 0.717) is 44.4 Å². The van der Waals surface area contributed by atoms with Crippen LogP contribution < -0.4 is 27.8 Å². The van der Waals surface area contributed by atoms with Crippen molar-refractivity contribution in [2.45, 2.75) is 76.5 Å². The van der Waals surface area contributed by atoms with Crippen molar-refractivity contribution < 1.29 is 24.3 Å². The van der Waals surface area contributed by atoms with Crippen molar-refractivity contribution in [3.63, 3.8) is 0 Å². The van der Waals surface area contributed by atoms with Crippen molar-refractivity contribution in [2.24, 2.45) is 28.1 Å². The molecule has 4 unspecified atom stereocenters. The number of carboxylic acids is 1. The van der Waals surface area contributed by atoms with Gasteiger partial charge in [-0.2, -0.15) is 11.8 Å². The summed E-state index contributed by atoms with van der Waals surface area (Å²) in [5.41, 5.74) is 16.6. The van der Waals surface area contributed by atoms with E-state index in [4.69, 9.17) is 17.2 Å². The molecule has 12 nitrogen and oxygen atoms in total. The summed E-state index contributed by atoms with van der Waals surface area (Å²) in [4.78, 5) is 55.8. The van der Waals surface area contributed by atoms with E-state index in [9.17, 15) is 24.3 Å². The predicted molar refractivity (Wildman–Crippen MR) is 137 cm³/mol. The van der Waals surface area contributed by atoms with Crippen molar-refractivity contribution in [2.75, 3.05) is 25.1 Å². The first-order valence-electron chi connectivity index (χ1n) is 11.9. The molecular weight excluding hydrogens is 474 g/mol. The molecule has 9 N–H and O–H groups in total. The maximum atomic E-state index is 13.1. The molecule has 35 heavy (non-hydrogen) atoms. The number of carbonyl (C=O) groups is 4. The summed E-state index contributed by atoms with van der Waals surface area (Å²) in [7, 11) is 0. The Hall–Kier alpha value is -2.54. The minimum Gasteiger partial charge on any atom is -0.480 e. The number of thioether (sulfide) groups is 1. The minimum atomic E-state index is -1.19. The second-order valence-electron chi connectivity index (χ2n) is 9.12. The zero-order valence-corrected chi connectivity index (χ0v) is 21.7. The number of likely N-dealkylation sites (tertiary alicyclic amines) is 1. The first-order chi connectivity index (χ1) is 16.5. The molecule has 1 rings (SSSR count). The Balaban J connectivity index is 2.84. The molecule has 0 aromatic heterocycles. The Morgan fingerprint density at radius 1 is 1.14 bits per heavy atom. The summed E-state index contributed by atoms with van der Waals surface area (Å²) in [6.07, 6.45) is 4.32. The first kappa shape index (κ1) is 30.5. The van der Waals surface area contributed by atoms with Gasteiger partial charge in [-0.25, -0.2) is 4.79 Å². The van der Waals surface area contributed by atoms with E-state index in [1.165, 1.54) is 16.7 Å². The van der Waals surface area contributed by atoms with E-state index in [0.717, 1.165) is 0 Å². The molecule has 1 aliphatic heterocycles. The third kappa shape index (κ3) is 10.7. The van der Waals surface area contributed by atoms with Gasteiger partial charge in [-0.3, -0.25) is 19.4 Å². The fraction of sp³-hybridized carbons (Fsp3) is 0.773. The van der Waals surface area contributed by atoms with Crippen LogP contribution in [0.1, 0.15) is 52.4 Å². The quantitative estimate of drug-likeness (QED) is 0.0916. The monoisotopic (exact) mass is 515 g/mol. The van der Waals surface area contributed by atoms with Gasteiger partial charge < -0.3 is 37.8 Å². The number of aliphatic carboxylic acids is 1. The Morgan fingerprint density at radius 3 is 2.40 bits per heavy atom. The predicted octanol–water partition coefficient (Wildman–Crippen LogP) is -0.788.